The third-order valence-corrected chi connectivity index (χ3v) is 4.22. The monoisotopic (exact) mass is 292 g/mol. The second kappa shape index (κ2) is 6.43. The van der Waals surface area contributed by atoms with Crippen molar-refractivity contribution in [2.24, 2.45) is 5.92 Å². The van der Waals surface area contributed by atoms with E-state index in [0.717, 1.165) is 45.2 Å². The zero-order chi connectivity index (χ0) is 14.7. The maximum Gasteiger partial charge on any atom is 0.231 e. The van der Waals surface area contributed by atoms with Crippen molar-refractivity contribution in [2.75, 3.05) is 55.4 Å². The lowest BCUT2D eigenvalue weighted by molar-refractivity contribution is 0.143. The Balaban J connectivity index is 1.77. The number of piperidine rings is 1. The first-order chi connectivity index (χ1) is 10.3. The van der Waals surface area contributed by atoms with Crippen molar-refractivity contribution in [3.63, 3.8) is 0 Å². The van der Waals surface area contributed by atoms with Gasteiger partial charge in [0.2, 0.25) is 17.8 Å². The molecular formula is C14H24N6O. The molecule has 2 N–H and O–H groups in total. The molecule has 7 nitrogen and oxygen atoms in total. The fraction of sp³-hybridized carbons (Fsp3) is 0.786. The fourth-order valence-corrected chi connectivity index (χ4v) is 3.19. The van der Waals surface area contributed by atoms with Crippen LogP contribution in [0.15, 0.2) is 0 Å². The van der Waals surface area contributed by atoms with Gasteiger partial charge < -0.3 is 20.3 Å². The Bertz CT molecular complexity index is 475. The number of anilines is 3. The standard InChI is InChI=1S/C14H24N6O/c1-21-10-11-5-4-8-20(9-11)14-17-12(15)16-13(18-14)19-6-2-3-7-19/h11H,2-10H2,1H3,(H2,15,16,17,18). The summed E-state index contributed by atoms with van der Waals surface area (Å²) in [6.07, 6.45) is 4.73. The van der Waals surface area contributed by atoms with Crippen LogP contribution in [0.5, 0.6) is 0 Å². The molecule has 2 fully saturated rings. The number of hydrogen-bond acceptors (Lipinski definition) is 7. The maximum absolute atomic E-state index is 5.89. The van der Waals surface area contributed by atoms with Gasteiger partial charge in [-0.15, -0.1) is 0 Å². The van der Waals surface area contributed by atoms with Crippen molar-refractivity contribution < 1.29 is 4.74 Å². The molecule has 1 unspecified atom stereocenters. The number of aromatic nitrogens is 3. The van der Waals surface area contributed by atoms with Gasteiger partial charge in [0, 0.05) is 33.3 Å². The van der Waals surface area contributed by atoms with Gasteiger partial charge in [-0.25, -0.2) is 0 Å². The molecule has 1 atom stereocenters. The maximum atomic E-state index is 5.89. The van der Waals surface area contributed by atoms with Crippen LogP contribution in [0.25, 0.3) is 0 Å². The van der Waals surface area contributed by atoms with E-state index >= 15 is 0 Å². The predicted molar refractivity (Wildman–Crippen MR) is 82.5 cm³/mol. The summed E-state index contributed by atoms with van der Waals surface area (Å²) in [6.45, 7) is 4.71. The number of nitrogen functional groups attached to an aromatic ring is 1. The molecule has 21 heavy (non-hydrogen) atoms. The van der Waals surface area contributed by atoms with E-state index in [2.05, 4.69) is 24.8 Å². The Morgan fingerprint density at radius 1 is 1.05 bits per heavy atom. The van der Waals surface area contributed by atoms with Gasteiger partial charge in [0.05, 0.1) is 6.61 Å². The molecule has 1 aromatic heterocycles. The van der Waals surface area contributed by atoms with E-state index in [9.17, 15) is 0 Å². The Labute approximate surface area is 125 Å². The molecule has 2 aliphatic rings. The smallest absolute Gasteiger partial charge is 0.231 e. The molecule has 3 heterocycles. The zero-order valence-electron chi connectivity index (χ0n) is 12.7. The largest absolute Gasteiger partial charge is 0.384 e. The van der Waals surface area contributed by atoms with Gasteiger partial charge in [-0.2, -0.15) is 15.0 Å². The highest BCUT2D eigenvalue weighted by atomic mass is 16.5. The number of nitrogens with zero attached hydrogens (tertiary/aromatic N) is 5. The van der Waals surface area contributed by atoms with E-state index in [4.69, 9.17) is 10.5 Å². The highest BCUT2D eigenvalue weighted by molar-refractivity contribution is 5.44. The SMILES string of the molecule is COCC1CCCN(c2nc(N)nc(N3CCCC3)n2)C1. The number of hydrogen-bond donors (Lipinski definition) is 1. The molecular weight excluding hydrogens is 268 g/mol. The van der Waals surface area contributed by atoms with Crippen LogP contribution in [0.3, 0.4) is 0 Å². The van der Waals surface area contributed by atoms with E-state index in [1.54, 1.807) is 7.11 Å². The van der Waals surface area contributed by atoms with E-state index in [-0.39, 0.29) is 0 Å². The highest BCUT2D eigenvalue weighted by Gasteiger charge is 2.24. The average molecular weight is 292 g/mol. The summed E-state index contributed by atoms with van der Waals surface area (Å²) < 4.78 is 5.28. The number of methoxy groups -OCH3 is 1. The van der Waals surface area contributed by atoms with Gasteiger partial charge >= 0.3 is 0 Å². The predicted octanol–water partition coefficient (Wildman–Crippen LogP) is 0.917. The van der Waals surface area contributed by atoms with E-state index < -0.39 is 0 Å². The van der Waals surface area contributed by atoms with Gasteiger partial charge in [0.25, 0.3) is 0 Å². The Morgan fingerprint density at radius 3 is 2.43 bits per heavy atom. The molecule has 2 aliphatic heterocycles. The van der Waals surface area contributed by atoms with Crippen LogP contribution in [-0.4, -0.2) is 54.8 Å². The van der Waals surface area contributed by atoms with Crippen LogP contribution in [0.2, 0.25) is 0 Å². The first-order valence-corrected chi connectivity index (χ1v) is 7.76. The second-order valence-electron chi connectivity index (χ2n) is 5.90. The Kier molecular flexibility index (Phi) is 4.38. The van der Waals surface area contributed by atoms with Crippen LogP contribution in [0.4, 0.5) is 17.8 Å². The summed E-state index contributed by atoms with van der Waals surface area (Å²) in [6, 6.07) is 0. The van der Waals surface area contributed by atoms with Crippen LogP contribution in [0, 0.1) is 5.92 Å². The number of ether oxygens (including phenoxy) is 1. The van der Waals surface area contributed by atoms with Crippen molar-refractivity contribution in [2.45, 2.75) is 25.7 Å². The van der Waals surface area contributed by atoms with Crippen molar-refractivity contribution in [1.29, 1.82) is 0 Å². The molecule has 1 aromatic rings. The molecule has 0 saturated carbocycles. The Morgan fingerprint density at radius 2 is 1.71 bits per heavy atom. The molecule has 7 heteroatoms. The zero-order valence-corrected chi connectivity index (χ0v) is 12.7. The summed E-state index contributed by atoms with van der Waals surface area (Å²) in [4.78, 5) is 17.7. The molecule has 116 valence electrons. The van der Waals surface area contributed by atoms with Crippen LogP contribution in [-0.2, 0) is 4.74 Å². The summed E-state index contributed by atoms with van der Waals surface area (Å²) >= 11 is 0. The summed E-state index contributed by atoms with van der Waals surface area (Å²) in [5.74, 6) is 2.29. The summed E-state index contributed by atoms with van der Waals surface area (Å²) in [5.41, 5.74) is 5.89. The van der Waals surface area contributed by atoms with Crippen LogP contribution >= 0.6 is 0 Å². The van der Waals surface area contributed by atoms with Crippen molar-refractivity contribution >= 4 is 17.8 Å². The third kappa shape index (κ3) is 3.34. The number of nitrogens with two attached hydrogens (primary N) is 1. The van der Waals surface area contributed by atoms with Gasteiger partial charge in [0.15, 0.2) is 0 Å². The van der Waals surface area contributed by atoms with E-state index in [1.165, 1.54) is 19.3 Å². The third-order valence-electron chi connectivity index (χ3n) is 4.22. The molecule has 0 aromatic carbocycles. The normalized spacial score (nSPS) is 22.8. The highest BCUT2D eigenvalue weighted by Crippen LogP contribution is 2.23. The molecule has 0 radical (unpaired) electrons. The quantitative estimate of drug-likeness (QED) is 0.883. The van der Waals surface area contributed by atoms with E-state index in [1.807, 2.05) is 0 Å². The van der Waals surface area contributed by atoms with Crippen LogP contribution < -0.4 is 15.5 Å². The average Bonchev–Trinajstić information content (AvgIpc) is 3.01. The molecule has 0 aliphatic carbocycles. The van der Waals surface area contributed by atoms with Crippen molar-refractivity contribution in [1.82, 2.24) is 15.0 Å². The minimum absolute atomic E-state index is 0.316. The van der Waals surface area contributed by atoms with Gasteiger partial charge in [0.1, 0.15) is 0 Å². The fourth-order valence-electron chi connectivity index (χ4n) is 3.19. The minimum Gasteiger partial charge on any atom is -0.384 e. The molecule has 0 spiro atoms. The lowest BCUT2D eigenvalue weighted by atomic mass is 9.99. The Hall–Kier alpha value is -1.63. The summed E-state index contributed by atoms with van der Waals surface area (Å²) in [7, 11) is 1.76. The molecule has 0 amide bonds. The molecule has 0 bridgehead atoms. The number of rotatable bonds is 4. The van der Waals surface area contributed by atoms with Gasteiger partial charge in [-0.05, 0) is 31.6 Å². The first-order valence-electron chi connectivity index (χ1n) is 7.76. The minimum atomic E-state index is 0.316. The molecule has 2 saturated heterocycles. The lowest BCUT2D eigenvalue weighted by Gasteiger charge is -2.32. The molecule has 3 rings (SSSR count). The van der Waals surface area contributed by atoms with Gasteiger partial charge in [-0.1, -0.05) is 0 Å². The topological polar surface area (TPSA) is 80.4 Å². The second-order valence-corrected chi connectivity index (χ2v) is 5.90. The van der Waals surface area contributed by atoms with E-state index in [0.29, 0.717) is 17.8 Å². The lowest BCUT2D eigenvalue weighted by Crippen LogP contribution is -2.38. The van der Waals surface area contributed by atoms with Crippen molar-refractivity contribution in [3.05, 3.63) is 0 Å². The van der Waals surface area contributed by atoms with Crippen molar-refractivity contribution in [3.8, 4) is 0 Å². The summed E-state index contributed by atoms with van der Waals surface area (Å²) in [5, 5.41) is 0. The van der Waals surface area contributed by atoms with Gasteiger partial charge in [-0.3, -0.25) is 0 Å². The van der Waals surface area contributed by atoms with Crippen LogP contribution in [0.1, 0.15) is 25.7 Å². The first kappa shape index (κ1) is 14.3.